The molecule has 22 heavy (non-hydrogen) atoms. The van der Waals surface area contributed by atoms with Crippen LogP contribution in [-0.2, 0) is 5.54 Å². The maximum absolute atomic E-state index is 5.09. The molecule has 4 rings (SSSR count). The molecule has 0 aromatic heterocycles. The number of nitrogens with zero attached hydrogens (tertiary/aromatic N) is 2. The topological polar surface area (TPSA) is 15.6 Å². The first kappa shape index (κ1) is 13.6. The summed E-state index contributed by atoms with van der Waals surface area (Å²) in [5.41, 5.74) is 3.87. The zero-order valence-electron chi connectivity index (χ0n) is 13.1. The summed E-state index contributed by atoms with van der Waals surface area (Å²) in [4.78, 5) is 0. The van der Waals surface area contributed by atoms with Gasteiger partial charge in [-0.1, -0.05) is 48.5 Å². The third kappa shape index (κ3) is 2.14. The van der Waals surface area contributed by atoms with E-state index >= 15 is 0 Å². The predicted octanol–water partition coefficient (Wildman–Crippen LogP) is 4.97. The maximum Gasteiger partial charge on any atom is 0.0861 e. The second-order valence-electron chi connectivity index (χ2n) is 6.67. The molecule has 2 aliphatic rings. The van der Waals surface area contributed by atoms with Crippen molar-refractivity contribution < 1.29 is 0 Å². The summed E-state index contributed by atoms with van der Waals surface area (Å²) < 4.78 is 0. The molecular weight excluding hydrogens is 268 g/mol. The van der Waals surface area contributed by atoms with Crippen molar-refractivity contribution >= 4 is 11.4 Å². The Kier molecular flexibility index (Phi) is 3.25. The van der Waals surface area contributed by atoms with Gasteiger partial charge in [-0.2, -0.15) is 5.10 Å². The minimum absolute atomic E-state index is 0.0683. The normalized spacial score (nSPS) is 27.4. The fourth-order valence-corrected chi connectivity index (χ4v) is 4.01. The van der Waals surface area contributed by atoms with E-state index < -0.39 is 0 Å². The molecule has 2 aromatic carbocycles. The lowest BCUT2D eigenvalue weighted by Gasteiger charge is -2.45. The number of hydrazone groups is 1. The van der Waals surface area contributed by atoms with Crippen molar-refractivity contribution in [3.05, 3.63) is 66.2 Å². The van der Waals surface area contributed by atoms with Crippen molar-refractivity contribution in [2.45, 2.75) is 38.1 Å². The van der Waals surface area contributed by atoms with Gasteiger partial charge in [0.05, 0.1) is 11.2 Å². The van der Waals surface area contributed by atoms with Gasteiger partial charge in [0.2, 0.25) is 0 Å². The van der Waals surface area contributed by atoms with Crippen LogP contribution in [0.15, 0.2) is 65.8 Å². The number of para-hydroxylation sites is 1. The quantitative estimate of drug-likeness (QED) is 0.762. The standard InChI is InChI=1S/C20H22N2/c1-20(17-10-4-2-5-11-17)15-16-9-8-14-19(16)21-22(20)18-12-6-3-7-13-18/h2-7,10-13,16H,8-9,14-15H2,1H3. The molecule has 2 aromatic rings. The molecule has 2 atom stereocenters. The van der Waals surface area contributed by atoms with Crippen LogP contribution < -0.4 is 5.01 Å². The average Bonchev–Trinajstić information content (AvgIpc) is 3.02. The first-order valence-electron chi connectivity index (χ1n) is 8.25. The molecule has 1 aliphatic carbocycles. The second-order valence-corrected chi connectivity index (χ2v) is 6.67. The summed E-state index contributed by atoms with van der Waals surface area (Å²) >= 11 is 0. The SMILES string of the molecule is CC1(c2ccccc2)CC2CCCC2=NN1c1ccccc1. The van der Waals surface area contributed by atoms with Gasteiger partial charge in [-0.05, 0) is 50.3 Å². The zero-order valence-corrected chi connectivity index (χ0v) is 13.1. The van der Waals surface area contributed by atoms with E-state index in [0.717, 1.165) is 6.42 Å². The van der Waals surface area contributed by atoms with Crippen LogP contribution in [0.4, 0.5) is 5.69 Å². The molecule has 1 saturated carbocycles. The molecule has 0 amide bonds. The van der Waals surface area contributed by atoms with E-state index in [1.165, 1.54) is 36.2 Å². The van der Waals surface area contributed by atoms with Crippen molar-refractivity contribution in [2.24, 2.45) is 11.0 Å². The predicted molar refractivity (Wildman–Crippen MR) is 92.1 cm³/mol. The van der Waals surface area contributed by atoms with E-state index in [1.54, 1.807) is 0 Å². The highest BCUT2D eigenvalue weighted by Gasteiger charge is 2.43. The van der Waals surface area contributed by atoms with Crippen LogP contribution in [-0.4, -0.2) is 5.71 Å². The third-order valence-electron chi connectivity index (χ3n) is 5.19. The Morgan fingerprint density at radius 3 is 2.41 bits per heavy atom. The van der Waals surface area contributed by atoms with Gasteiger partial charge in [0.1, 0.15) is 0 Å². The molecule has 2 nitrogen and oxygen atoms in total. The second kappa shape index (κ2) is 5.28. The number of hydrogen-bond acceptors (Lipinski definition) is 2. The van der Waals surface area contributed by atoms with E-state index in [-0.39, 0.29) is 5.54 Å². The fourth-order valence-electron chi connectivity index (χ4n) is 4.01. The first-order chi connectivity index (χ1) is 10.8. The van der Waals surface area contributed by atoms with Crippen LogP contribution in [0.1, 0.15) is 38.2 Å². The molecule has 1 fully saturated rings. The first-order valence-corrected chi connectivity index (χ1v) is 8.25. The van der Waals surface area contributed by atoms with E-state index in [0.29, 0.717) is 5.92 Å². The van der Waals surface area contributed by atoms with Crippen LogP contribution in [0, 0.1) is 5.92 Å². The third-order valence-corrected chi connectivity index (χ3v) is 5.19. The molecular formula is C20H22N2. The van der Waals surface area contributed by atoms with Gasteiger partial charge < -0.3 is 0 Å². The number of hydrogen-bond donors (Lipinski definition) is 0. The Morgan fingerprint density at radius 2 is 1.68 bits per heavy atom. The van der Waals surface area contributed by atoms with Crippen molar-refractivity contribution in [1.29, 1.82) is 0 Å². The fraction of sp³-hybridized carbons (Fsp3) is 0.350. The van der Waals surface area contributed by atoms with E-state index in [2.05, 4.69) is 72.6 Å². The molecule has 2 unspecified atom stereocenters. The Morgan fingerprint density at radius 1 is 1.00 bits per heavy atom. The highest BCUT2D eigenvalue weighted by atomic mass is 15.5. The zero-order chi connectivity index (χ0) is 15.0. The van der Waals surface area contributed by atoms with Gasteiger partial charge >= 0.3 is 0 Å². The molecule has 0 spiro atoms. The summed E-state index contributed by atoms with van der Waals surface area (Å²) in [6, 6.07) is 21.4. The van der Waals surface area contributed by atoms with Crippen LogP contribution in [0.5, 0.6) is 0 Å². The highest BCUT2D eigenvalue weighted by Crippen LogP contribution is 2.45. The molecule has 0 bridgehead atoms. The minimum Gasteiger partial charge on any atom is -0.255 e. The highest BCUT2D eigenvalue weighted by molar-refractivity contribution is 5.90. The van der Waals surface area contributed by atoms with Crippen molar-refractivity contribution in [3.63, 3.8) is 0 Å². The molecule has 0 saturated heterocycles. The molecule has 112 valence electrons. The Hall–Kier alpha value is -2.09. The number of benzene rings is 2. The van der Waals surface area contributed by atoms with E-state index in [4.69, 9.17) is 5.10 Å². The van der Waals surface area contributed by atoms with E-state index in [1.807, 2.05) is 0 Å². The van der Waals surface area contributed by atoms with E-state index in [9.17, 15) is 0 Å². The molecule has 0 N–H and O–H groups in total. The van der Waals surface area contributed by atoms with Crippen LogP contribution in [0.25, 0.3) is 0 Å². The van der Waals surface area contributed by atoms with Gasteiger partial charge in [-0.15, -0.1) is 0 Å². The Bertz CT molecular complexity index is 677. The molecule has 2 heteroatoms. The lowest BCUT2D eigenvalue weighted by molar-refractivity contribution is 0.348. The summed E-state index contributed by atoms with van der Waals surface area (Å²) in [6.07, 6.45) is 4.91. The van der Waals surface area contributed by atoms with Gasteiger partial charge in [0.25, 0.3) is 0 Å². The van der Waals surface area contributed by atoms with Crippen molar-refractivity contribution in [3.8, 4) is 0 Å². The molecule has 1 heterocycles. The van der Waals surface area contributed by atoms with Crippen LogP contribution in [0.3, 0.4) is 0 Å². The minimum atomic E-state index is -0.0683. The summed E-state index contributed by atoms with van der Waals surface area (Å²) in [5, 5.41) is 7.36. The number of fused-ring (bicyclic) bond motifs is 1. The van der Waals surface area contributed by atoms with Gasteiger partial charge in [-0.25, -0.2) is 0 Å². The average molecular weight is 290 g/mol. The maximum atomic E-state index is 5.09. The van der Waals surface area contributed by atoms with Gasteiger partial charge in [0, 0.05) is 11.6 Å². The van der Waals surface area contributed by atoms with Crippen molar-refractivity contribution in [1.82, 2.24) is 0 Å². The number of rotatable bonds is 2. The molecule has 0 radical (unpaired) electrons. The summed E-state index contributed by atoms with van der Waals surface area (Å²) in [5.74, 6) is 0.658. The van der Waals surface area contributed by atoms with Gasteiger partial charge in [0.15, 0.2) is 0 Å². The summed E-state index contributed by atoms with van der Waals surface area (Å²) in [7, 11) is 0. The largest absolute Gasteiger partial charge is 0.255 e. The van der Waals surface area contributed by atoms with Crippen LogP contribution >= 0.6 is 0 Å². The number of anilines is 1. The smallest absolute Gasteiger partial charge is 0.0861 e. The lowest BCUT2D eigenvalue weighted by atomic mass is 9.79. The van der Waals surface area contributed by atoms with Crippen LogP contribution in [0.2, 0.25) is 0 Å². The van der Waals surface area contributed by atoms with Gasteiger partial charge in [-0.3, -0.25) is 5.01 Å². The Labute approximate surface area is 132 Å². The summed E-state index contributed by atoms with van der Waals surface area (Å²) in [6.45, 7) is 2.34. The lowest BCUT2D eigenvalue weighted by Crippen LogP contribution is -2.47. The monoisotopic (exact) mass is 290 g/mol. The molecule has 1 aliphatic heterocycles. The Balaban J connectivity index is 1.84. The van der Waals surface area contributed by atoms with Crippen molar-refractivity contribution in [2.75, 3.05) is 5.01 Å².